The third-order valence-corrected chi connectivity index (χ3v) is 6.25. The van der Waals surface area contributed by atoms with Crippen LogP contribution in [-0.2, 0) is 10.9 Å². The summed E-state index contributed by atoms with van der Waals surface area (Å²) < 4.78 is 50.3. The Labute approximate surface area is 191 Å². The number of hydrogen-bond donors (Lipinski definition) is 2. The Kier molecular flexibility index (Phi) is 6.42. The maximum atomic E-state index is 13.0. The zero-order chi connectivity index (χ0) is 23.8. The zero-order valence-corrected chi connectivity index (χ0v) is 18.8. The van der Waals surface area contributed by atoms with E-state index in [1.54, 1.807) is 29.9 Å². The van der Waals surface area contributed by atoms with Gasteiger partial charge in [0.25, 0.3) is 5.91 Å². The highest BCUT2D eigenvalue weighted by Gasteiger charge is 2.30. The number of halogens is 3. The number of carbonyl (C=O) groups is 1. The molecule has 2 aromatic heterocycles. The number of aliphatic hydroxyl groups excluding tert-OH is 1. The van der Waals surface area contributed by atoms with Crippen LogP contribution in [0.25, 0.3) is 27.6 Å². The summed E-state index contributed by atoms with van der Waals surface area (Å²) in [5, 5.41) is 13.9. The van der Waals surface area contributed by atoms with Crippen LogP contribution in [0.5, 0.6) is 0 Å². The second-order valence-electron chi connectivity index (χ2n) is 7.68. The normalized spacial score (nSPS) is 13.0. The van der Waals surface area contributed by atoms with Gasteiger partial charge in [-0.3, -0.25) is 9.36 Å². The van der Waals surface area contributed by atoms with E-state index in [0.29, 0.717) is 29.9 Å². The van der Waals surface area contributed by atoms with Crippen LogP contribution < -0.4 is 5.32 Å². The van der Waals surface area contributed by atoms with E-state index in [4.69, 9.17) is 4.74 Å². The van der Waals surface area contributed by atoms with Gasteiger partial charge in [-0.15, -0.1) is 0 Å². The second kappa shape index (κ2) is 9.12. The number of ether oxygens (including phenoxy) is 1. The summed E-state index contributed by atoms with van der Waals surface area (Å²) >= 11 is 1.29. The molecule has 0 saturated heterocycles. The first-order chi connectivity index (χ1) is 15.7. The molecule has 1 amide bonds. The number of amides is 1. The van der Waals surface area contributed by atoms with Gasteiger partial charge in [0.05, 0.1) is 23.7 Å². The van der Waals surface area contributed by atoms with E-state index in [1.165, 1.54) is 23.7 Å². The van der Waals surface area contributed by atoms with Crippen LogP contribution in [0.4, 0.5) is 13.2 Å². The van der Waals surface area contributed by atoms with Crippen molar-refractivity contribution in [3.8, 4) is 5.69 Å². The second-order valence-corrected chi connectivity index (χ2v) is 8.66. The van der Waals surface area contributed by atoms with Crippen molar-refractivity contribution in [2.24, 2.45) is 0 Å². The van der Waals surface area contributed by atoms with E-state index < -0.39 is 17.8 Å². The quantitative estimate of drug-likeness (QED) is 0.405. The Hall–Kier alpha value is -2.95. The molecule has 0 spiro atoms. The molecule has 0 unspecified atom stereocenters. The Balaban J connectivity index is 1.77. The van der Waals surface area contributed by atoms with Gasteiger partial charge >= 0.3 is 6.18 Å². The van der Waals surface area contributed by atoms with Gasteiger partial charge in [-0.25, -0.2) is 0 Å². The topological polar surface area (TPSA) is 76.4 Å². The molecule has 2 N–H and O–H groups in total. The first-order valence-corrected chi connectivity index (χ1v) is 11.0. The molecule has 0 bridgehead atoms. The third kappa shape index (κ3) is 4.46. The van der Waals surface area contributed by atoms with Crippen LogP contribution in [0.15, 0.2) is 42.5 Å². The highest BCUT2D eigenvalue weighted by molar-refractivity contribution is 7.07. The van der Waals surface area contributed by atoms with Gasteiger partial charge in [0.15, 0.2) is 5.65 Å². The van der Waals surface area contributed by atoms with Crippen molar-refractivity contribution in [1.29, 1.82) is 0 Å². The summed E-state index contributed by atoms with van der Waals surface area (Å²) in [7, 11) is 1.55. The molecule has 4 rings (SSSR count). The lowest BCUT2D eigenvalue weighted by Gasteiger charge is -2.16. The molecule has 0 fully saturated rings. The Morgan fingerprint density at radius 2 is 1.97 bits per heavy atom. The molecule has 33 heavy (non-hydrogen) atoms. The highest BCUT2D eigenvalue weighted by atomic mass is 32.1. The van der Waals surface area contributed by atoms with Gasteiger partial charge in [-0.05, 0) is 67.3 Å². The van der Waals surface area contributed by atoms with Crippen LogP contribution >= 0.6 is 11.5 Å². The van der Waals surface area contributed by atoms with Gasteiger partial charge in [0.1, 0.15) is 0 Å². The Morgan fingerprint density at radius 3 is 2.61 bits per heavy atom. The fraction of sp³-hybridized carbons (Fsp3) is 0.304. The van der Waals surface area contributed by atoms with Crippen molar-refractivity contribution in [2.45, 2.75) is 25.6 Å². The summed E-state index contributed by atoms with van der Waals surface area (Å²) in [6, 6.07) is 9.65. The largest absolute Gasteiger partial charge is 0.416 e. The number of hydrogen-bond acceptors (Lipinski definition) is 5. The fourth-order valence-corrected chi connectivity index (χ4v) is 4.50. The smallest absolute Gasteiger partial charge is 0.394 e. The highest BCUT2D eigenvalue weighted by Crippen LogP contribution is 2.37. The molecule has 0 aliphatic rings. The lowest BCUT2D eigenvalue weighted by Crippen LogP contribution is -2.38. The van der Waals surface area contributed by atoms with Crippen molar-refractivity contribution in [2.75, 3.05) is 20.3 Å². The average Bonchev–Trinajstić information content (AvgIpc) is 3.33. The number of alkyl halides is 3. The Morgan fingerprint density at radius 1 is 1.24 bits per heavy atom. The van der Waals surface area contributed by atoms with E-state index in [2.05, 4.69) is 9.69 Å². The van der Waals surface area contributed by atoms with Gasteiger partial charge in [-0.2, -0.15) is 17.5 Å². The van der Waals surface area contributed by atoms with Gasteiger partial charge < -0.3 is 15.2 Å². The fourth-order valence-electron chi connectivity index (χ4n) is 3.81. The number of carbonyl (C=O) groups excluding carboxylic acids is 1. The lowest BCUT2D eigenvalue weighted by molar-refractivity contribution is -0.137. The van der Waals surface area contributed by atoms with E-state index >= 15 is 0 Å². The predicted octanol–water partition coefficient (Wildman–Crippen LogP) is 4.69. The SMILES string of the molecule is COCC[C@H](CO)NC(=O)c1ccc2c(c1)c1c(C)snc1n2-c1ccc(C(F)(F)F)cc1. The monoisotopic (exact) mass is 477 g/mol. The van der Waals surface area contributed by atoms with Crippen LogP contribution in [-0.4, -0.2) is 46.3 Å². The molecule has 0 aliphatic carbocycles. The Bertz CT molecular complexity index is 1300. The predicted molar refractivity (Wildman–Crippen MR) is 121 cm³/mol. The van der Waals surface area contributed by atoms with Crippen LogP contribution in [0.2, 0.25) is 0 Å². The van der Waals surface area contributed by atoms with E-state index in [-0.39, 0.29) is 12.5 Å². The number of aryl methyl sites for hydroxylation is 1. The van der Waals surface area contributed by atoms with Crippen LogP contribution in [0, 0.1) is 6.92 Å². The maximum absolute atomic E-state index is 13.0. The van der Waals surface area contributed by atoms with Crippen molar-refractivity contribution in [3.63, 3.8) is 0 Å². The van der Waals surface area contributed by atoms with E-state index in [0.717, 1.165) is 33.3 Å². The van der Waals surface area contributed by atoms with E-state index in [9.17, 15) is 23.1 Å². The van der Waals surface area contributed by atoms with Crippen molar-refractivity contribution in [1.82, 2.24) is 14.3 Å². The maximum Gasteiger partial charge on any atom is 0.416 e. The summed E-state index contributed by atoms with van der Waals surface area (Å²) in [5.74, 6) is -0.330. The number of nitrogens with zero attached hydrogens (tertiary/aromatic N) is 2. The molecule has 0 saturated carbocycles. The molecular formula is C23H22F3N3O3S. The molecule has 0 aliphatic heterocycles. The van der Waals surface area contributed by atoms with E-state index in [1.807, 2.05) is 6.92 Å². The lowest BCUT2D eigenvalue weighted by atomic mass is 10.1. The minimum absolute atomic E-state index is 0.209. The number of nitrogens with one attached hydrogen (secondary N) is 1. The number of methoxy groups -OCH3 is 1. The standard InChI is InChI=1S/C23H22F3N3O3S/c1-13-20-18-11-14(22(31)27-16(12-30)9-10-32-2)3-8-19(18)29(21(20)28-33-13)17-6-4-15(5-7-17)23(24,25)26/h3-8,11,16,30H,9-10,12H2,1-2H3,(H,27,31)/t16-/m1/s1. The van der Waals surface area contributed by atoms with Crippen LogP contribution in [0.1, 0.15) is 27.2 Å². The molecular weight excluding hydrogens is 455 g/mol. The van der Waals surface area contributed by atoms with Crippen molar-refractivity contribution < 1.29 is 27.8 Å². The summed E-state index contributed by atoms with van der Waals surface area (Å²) in [4.78, 5) is 13.7. The molecule has 4 aromatic rings. The molecule has 2 heterocycles. The van der Waals surface area contributed by atoms with Gasteiger partial charge in [-0.1, -0.05) is 0 Å². The molecule has 6 nitrogen and oxygen atoms in total. The molecule has 1 atom stereocenters. The van der Waals surface area contributed by atoms with Gasteiger partial charge in [0, 0.05) is 40.6 Å². The minimum atomic E-state index is -4.41. The number of rotatable bonds is 7. The number of aliphatic hydroxyl groups is 1. The van der Waals surface area contributed by atoms with Crippen molar-refractivity contribution >= 4 is 39.4 Å². The number of benzene rings is 2. The molecule has 174 valence electrons. The molecule has 2 aromatic carbocycles. The first kappa shape index (κ1) is 23.2. The minimum Gasteiger partial charge on any atom is -0.394 e. The van der Waals surface area contributed by atoms with Crippen molar-refractivity contribution in [3.05, 3.63) is 58.5 Å². The zero-order valence-electron chi connectivity index (χ0n) is 17.9. The number of fused-ring (bicyclic) bond motifs is 3. The number of aromatic nitrogens is 2. The first-order valence-electron chi connectivity index (χ1n) is 10.2. The summed E-state index contributed by atoms with van der Waals surface area (Å²) in [5.41, 5.74) is 1.59. The molecule has 0 radical (unpaired) electrons. The van der Waals surface area contributed by atoms with Crippen LogP contribution in [0.3, 0.4) is 0 Å². The third-order valence-electron chi connectivity index (χ3n) is 5.50. The van der Waals surface area contributed by atoms with Gasteiger partial charge in [0.2, 0.25) is 0 Å². The average molecular weight is 478 g/mol. The molecule has 10 heteroatoms. The summed E-state index contributed by atoms with van der Waals surface area (Å²) in [6.45, 7) is 2.11. The summed E-state index contributed by atoms with van der Waals surface area (Å²) in [6.07, 6.45) is -3.94.